The second-order valence-corrected chi connectivity index (χ2v) is 12.6. The van der Waals surface area contributed by atoms with E-state index in [4.69, 9.17) is 9.47 Å². The largest absolute Gasteiger partial charge is 0.349 e. The summed E-state index contributed by atoms with van der Waals surface area (Å²) in [7, 11) is 0. The Labute approximate surface area is 178 Å². The van der Waals surface area contributed by atoms with Crippen LogP contribution >= 0.6 is 0 Å². The molecule has 0 bridgehead atoms. The molecular weight excluding hydrogens is 356 g/mol. The summed E-state index contributed by atoms with van der Waals surface area (Å²) in [6.07, 6.45) is 17.7. The Morgan fingerprint density at radius 2 is 1.76 bits per heavy atom. The molecule has 1 spiro atoms. The van der Waals surface area contributed by atoms with E-state index in [1.165, 1.54) is 51.4 Å². The van der Waals surface area contributed by atoms with Crippen molar-refractivity contribution in [1.82, 2.24) is 0 Å². The van der Waals surface area contributed by atoms with Crippen molar-refractivity contribution in [2.75, 3.05) is 6.61 Å². The molecule has 2 heterocycles. The van der Waals surface area contributed by atoms with Crippen LogP contribution in [0.15, 0.2) is 12.2 Å². The van der Waals surface area contributed by atoms with Crippen molar-refractivity contribution in [3.05, 3.63) is 12.2 Å². The summed E-state index contributed by atoms with van der Waals surface area (Å²) in [6.45, 7) is 11.0. The lowest BCUT2D eigenvalue weighted by atomic mass is 9.45. The van der Waals surface area contributed by atoms with Crippen molar-refractivity contribution in [3.8, 4) is 0 Å². The molecule has 11 atom stereocenters. The summed E-state index contributed by atoms with van der Waals surface area (Å²) in [4.78, 5) is 0. The van der Waals surface area contributed by atoms with Gasteiger partial charge in [0.2, 0.25) is 0 Å². The molecule has 0 radical (unpaired) electrons. The van der Waals surface area contributed by atoms with Crippen LogP contribution in [0.25, 0.3) is 0 Å². The lowest BCUT2D eigenvalue weighted by Crippen LogP contribution is -2.53. The normalized spacial score (nSPS) is 61.1. The molecule has 5 fully saturated rings. The van der Waals surface area contributed by atoms with E-state index in [2.05, 4.69) is 39.8 Å². The van der Waals surface area contributed by atoms with E-state index in [0.29, 0.717) is 34.7 Å². The van der Waals surface area contributed by atoms with Crippen LogP contribution in [-0.4, -0.2) is 18.5 Å². The van der Waals surface area contributed by atoms with Crippen LogP contribution in [0.4, 0.5) is 0 Å². The molecule has 3 saturated carbocycles. The Hall–Kier alpha value is -0.340. The zero-order valence-electron chi connectivity index (χ0n) is 19.2. The third kappa shape index (κ3) is 2.48. The van der Waals surface area contributed by atoms with E-state index in [1.807, 2.05) is 0 Å². The predicted molar refractivity (Wildman–Crippen MR) is 116 cm³/mol. The molecule has 6 unspecified atom stereocenters. The highest BCUT2D eigenvalue weighted by Crippen LogP contribution is 2.71. The number of hydrogen-bond acceptors (Lipinski definition) is 2. The smallest absolute Gasteiger partial charge is 0.171 e. The van der Waals surface area contributed by atoms with Crippen molar-refractivity contribution in [3.63, 3.8) is 0 Å². The van der Waals surface area contributed by atoms with Gasteiger partial charge in [-0.15, -0.1) is 0 Å². The van der Waals surface area contributed by atoms with Gasteiger partial charge in [0, 0.05) is 12.3 Å². The van der Waals surface area contributed by atoms with Gasteiger partial charge in [0.15, 0.2) is 5.79 Å². The highest BCUT2D eigenvalue weighted by Gasteiger charge is 2.68. The van der Waals surface area contributed by atoms with Crippen molar-refractivity contribution in [2.45, 2.75) is 97.4 Å². The molecule has 2 heteroatoms. The third-order valence-corrected chi connectivity index (χ3v) is 11.4. The van der Waals surface area contributed by atoms with Gasteiger partial charge in [-0.25, -0.2) is 0 Å². The zero-order chi connectivity index (χ0) is 20.0. The third-order valence-electron chi connectivity index (χ3n) is 11.4. The van der Waals surface area contributed by atoms with Crippen LogP contribution < -0.4 is 0 Å². The molecular formula is C27H42O2. The molecule has 4 aliphatic carbocycles. The van der Waals surface area contributed by atoms with Gasteiger partial charge in [-0.1, -0.05) is 39.8 Å². The number of rotatable bonds is 0. The maximum atomic E-state index is 6.91. The van der Waals surface area contributed by atoms with Gasteiger partial charge in [0.05, 0.1) is 12.7 Å². The zero-order valence-corrected chi connectivity index (χ0v) is 19.2. The maximum absolute atomic E-state index is 6.91. The van der Waals surface area contributed by atoms with Crippen molar-refractivity contribution < 1.29 is 9.47 Å². The fraction of sp³-hybridized carbons (Fsp3) is 0.926. The van der Waals surface area contributed by atoms with Crippen LogP contribution in [-0.2, 0) is 9.47 Å². The first-order valence-corrected chi connectivity index (χ1v) is 12.9. The van der Waals surface area contributed by atoms with Crippen molar-refractivity contribution in [2.24, 2.45) is 52.3 Å². The van der Waals surface area contributed by atoms with Gasteiger partial charge < -0.3 is 9.47 Å². The summed E-state index contributed by atoms with van der Waals surface area (Å²) in [5.41, 5.74) is 1.03. The maximum Gasteiger partial charge on any atom is 0.171 e. The molecule has 2 nitrogen and oxygen atoms in total. The standard InChI is InChI=1S/C27H42O2/c1-17-10-14-27(28-16-17)18(2)24-23(29-27)15-22-20-9-8-19-7-5-6-12-25(19,3)21(20)11-13-26(22,24)4/h5,7,17-24H,6,8-16H2,1-4H3/t17-,18-,19?,20?,21?,22?,23?,24?,25-,26-,27+/m0/s1. The molecule has 29 heavy (non-hydrogen) atoms. The lowest BCUT2D eigenvalue weighted by Gasteiger charge is -2.60. The number of allylic oxidation sites excluding steroid dienone is 2. The fourth-order valence-electron chi connectivity index (χ4n) is 9.84. The minimum Gasteiger partial charge on any atom is -0.349 e. The van der Waals surface area contributed by atoms with E-state index in [1.54, 1.807) is 0 Å². The van der Waals surface area contributed by atoms with E-state index < -0.39 is 0 Å². The molecule has 0 aromatic heterocycles. The Kier molecular flexibility index (Phi) is 4.23. The highest BCUT2D eigenvalue weighted by molar-refractivity contribution is 5.17. The van der Waals surface area contributed by atoms with E-state index in [9.17, 15) is 0 Å². The van der Waals surface area contributed by atoms with Crippen LogP contribution in [0.3, 0.4) is 0 Å². The molecule has 162 valence electrons. The molecule has 0 N–H and O–H groups in total. The van der Waals surface area contributed by atoms with Gasteiger partial charge in [0.25, 0.3) is 0 Å². The van der Waals surface area contributed by atoms with Crippen LogP contribution in [0.2, 0.25) is 0 Å². The number of fused-ring (bicyclic) bond motifs is 7. The summed E-state index contributed by atoms with van der Waals surface area (Å²) < 4.78 is 13.4. The molecule has 2 aliphatic heterocycles. The van der Waals surface area contributed by atoms with Crippen LogP contribution in [0.5, 0.6) is 0 Å². The van der Waals surface area contributed by atoms with Crippen LogP contribution in [0.1, 0.15) is 85.5 Å². The van der Waals surface area contributed by atoms with Gasteiger partial charge in [-0.05, 0) is 97.7 Å². The molecule has 0 aromatic rings. The molecule has 0 aromatic carbocycles. The van der Waals surface area contributed by atoms with E-state index in [-0.39, 0.29) is 5.79 Å². The first kappa shape index (κ1) is 19.4. The van der Waals surface area contributed by atoms with Crippen molar-refractivity contribution >= 4 is 0 Å². The summed E-state index contributed by atoms with van der Waals surface area (Å²) >= 11 is 0. The van der Waals surface area contributed by atoms with Gasteiger partial charge in [-0.2, -0.15) is 0 Å². The lowest BCUT2D eigenvalue weighted by molar-refractivity contribution is -0.273. The highest BCUT2D eigenvalue weighted by atomic mass is 16.7. The Balaban J connectivity index is 1.28. The first-order valence-electron chi connectivity index (χ1n) is 12.9. The predicted octanol–water partition coefficient (Wildman–Crippen LogP) is 6.60. The van der Waals surface area contributed by atoms with Crippen LogP contribution in [0, 0.1) is 52.3 Å². The average Bonchev–Trinajstić information content (AvgIpc) is 3.15. The molecule has 2 saturated heterocycles. The molecule has 6 aliphatic rings. The Bertz CT molecular complexity index is 691. The summed E-state index contributed by atoms with van der Waals surface area (Å²) in [5.74, 6) is 5.29. The number of hydrogen-bond donors (Lipinski definition) is 0. The van der Waals surface area contributed by atoms with E-state index >= 15 is 0 Å². The Morgan fingerprint density at radius 1 is 0.897 bits per heavy atom. The quantitative estimate of drug-likeness (QED) is 0.428. The van der Waals surface area contributed by atoms with E-state index in [0.717, 1.165) is 36.7 Å². The minimum absolute atomic E-state index is 0.259. The average molecular weight is 399 g/mol. The second-order valence-electron chi connectivity index (χ2n) is 12.6. The first-order chi connectivity index (χ1) is 13.9. The second kappa shape index (κ2) is 6.35. The molecule has 0 amide bonds. The minimum atomic E-state index is -0.259. The SMILES string of the molecule is C[C@H]1CC[C@@]2(OC1)OC1CC3C4CCC5C=CCC[C@]5(C)C4CC[C@]3(C)C1[C@@H]2C. The molecule has 6 rings (SSSR count). The van der Waals surface area contributed by atoms with Gasteiger partial charge in [-0.3, -0.25) is 0 Å². The fourth-order valence-corrected chi connectivity index (χ4v) is 9.84. The monoisotopic (exact) mass is 398 g/mol. The number of ether oxygens (including phenoxy) is 2. The van der Waals surface area contributed by atoms with Gasteiger partial charge >= 0.3 is 0 Å². The Morgan fingerprint density at radius 3 is 2.55 bits per heavy atom. The summed E-state index contributed by atoms with van der Waals surface area (Å²) in [6, 6.07) is 0. The van der Waals surface area contributed by atoms with Gasteiger partial charge in [0.1, 0.15) is 0 Å². The topological polar surface area (TPSA) is 18.5 Å². The summed E-state index contributed by atoms with van der Waals surface area (Å²) in [5, 5.41) is 0. The van der Waals surface area contributed by atoms with Crippen molar-refractivity contribution in [1.29, 1.82) is 0 Å².